The Morgan fingerprint density at radius 3 is 2.48 bits per heavy atom. The van der Waals surface area contributed by atoms with E-state index in [1.54, 1.807) is 6.92 Å². The molecule has 21 heavy (non-hydrogen) atoms. The molecule has 0 bridgehead atoms. The van der Waals surface area contributed by atoms with Gasteiger partial charge in [0, 0.05) is 25.4 Å². The lowest BCUT2D eigenvalue weighted by atomic mass is 9.91. The molecule has 4 heteroatoms. The van der Waals surface area contributed by atoms with Crippen LogP contribution in [0, 0.1) is 5.92 Å². The van der Waals surface area contributed by atoms with Gasteiger partial charge in [0.15, 0.2) is 8.32 Å². The number of carbonyl (C=O) groups excluding carboxylic acids is 2. The summed E-state index contributed by atoms with van der Waals surface area (Å²) in [5.74, 6) is 0.765. The highest BCUT2D eigenvalue weighted by Crippen LogP contribution is 2.40. The molecule has 1 fully saturated rings. The maximum absolute atomic E-state index is 11.9. The molecule has 0 radical (unpaired) electrons. The molecule has 0 aromatic carbocycles. The van der Waals surface area contributed by atoms with Crippen molar-refractivity contribution in [3.63, 3.8) is 0 Å². The van der Waals surface area contributed by atoms with Gasteiger partial charge in [-0.1, -0.05) is 20.8 Å². The summed E-state index contributed by atoms with van der Waals surface area (Å²) in [5, 5.41) is 0.175. The SMILES string of the molecule is CC(=O)CC[C@@H]1CC(=O)CCC[C@@H]1O[Si](C)(C)C(C)(C)C. The molecule has 3 nitrogen and oxygen atoms in total. The van der Waals surface area contributed by atoms with Gasteiger partial charge < -0.3 is 9.22 Å². The van der Waals surface area contributed by atoms with E-state index in [2.05, 4.69) is 33.9 Å². The molecule has 0 unspecified atom stereocenters. The van der Waals surface area contributed by atoms with Crippen molar-refractivity contribution in [3.05, 3.63) is 0 Å². The van der Waals surface area contributed by atoms with Gasteiger partial charge in [-0.05, 0) is 50.2 Å². The van der Waals surface area contributed by atoms with Crippen molar-refractivity contribution in [1.82, 2.24) is 0 Å². The number of hydrogen-bond donors (Lipinski definition) is 0. The summed E-state index contributed by atoms with van der Waals surface area (Å²) in [4.78, 5) is 23.2. The molecule has 1 rings (SSSR count). The highest BCUT2D eigenvalue weighted by Gasteiger charge is 2.41. The second-order valence-corrected chi connectivity index (χ2v) is 12.8. The van der Waals surface area contributed by atoms with Crippen molar-refractivity contribution in [1.29, 1.82) is 0 Å². The maximum Gasteiger partial charge on any atom is 0.192 e. The fraction of sp³-hybridized carbons (Fsp3) is 0.882. The summed E-state index contributed by atoms with van der Waals surface area (Å²) in [6, 6.07) is 0. The molecule has 122 valence electrons. The monoisotopic (exact) mass is 312 g/mol. The molecular weight excluding hydrogens is 280 g/mol. The normalized spacial score (nSPS) is 24.8. The zero-order valence-electron chi connectivity index (χ0n) is 14.6. The minimum Gasteiger partial charge on any atom is -0.414 e. The van der Waals surface area contributed by atoms with E-state index < -0.39 is 8.32 Å². The third kappa shape index (κ3) is 5.66. The maximum atomic E-state index is 11.9. The van der Waals surface area contributed by atoms with Crippen LogP contribution in [0.15, 0.2) is 0 Å². The number of Topliss-reactive ketones (excluding diaryl/α,β-unsaturated/α-hetero) is 2. The van der Waals surface area contributed by atoms with Crippen molar-refractivity contribution in [2.45, 2.75) is 90.5 Å². The first-order valence-corrected chi connectivity index (χ1v) is 11.1. The molecule has 0 saturated heterocycles. The van der Waals surface area contributed by atoms with Gasteiger partial charge in [-0.3, -0.25) is 4.79 Å². The molecule has 1 saturated carbocycles. The minimum absolute atomic E-state index is 0.150. The van der Waals surface area contributed by atoms with Crippen LogP contribution in [0.3, 0.4) is 0 Å². The van der Waals surface area contributed by atoms with Gasteiger partial charge in [0.25, 0.3) is 0 Å². The van der Waals surface area contributed by atoms with Crippen LogP contribution in [0.5, 0.6) is 0 Å². The highest BCUT2D eigenvalue weighted by molar-refractivity contribution is 6.74. The second-order valence-electron chi connectivity index (χ2n) is 8.05. The predicted octanol–water partition coefficient (Wildman–Crippen LogP) is 4.51. The van der Waals surface area contributed by atoms with Crippen LogP contribution >= 0.6 is 0 Å². The van der Waals surface area contributed by atoms with E-state index in [4.69, 9.17) is 4.43 Å². The Hall–Kier alpha value is -0.483. The topological polar surface area (TPSA) is 43.4 Å². The van der Waals surface area contributed by atoms with Crippen molar-refractivity contribution in [2.24, 2.45) is 5.92 Å². The summed E-state index contributed by atoms with van der Waals surface area (Å²) in [7, 11) is -1.83. The Morgan fingerprint density at radius 2 is 1.95 bits per heavy atom. The lowest BCUT2D eigenvalue weighted by Gasteiger charge is -2.41. The van der Waals surface area contributed by atoms with Crippen LogP contribution in [-0.2, 0) is 14.0 Å². The van der Waals surface area contributed by atoms with Gasteiger partial charge in [0.05, 0.1) is 0 Å². The fourth-order valence-corrected chi connectivity index (χ4v) is 4.07. The smallest absolute Gasteiger partial charge is 0.192 e. The Kier molecular flexibility index (Phi) is 6.35. The summed E-state index contributed by atoms with van der Waals surface area (Å²) >= 11 is 0. The van der Waals surface area contributed by atoms with Gasteiger partial charge >= 0.3 is 0 Å². The number of hydrogen-bond acceptors (Lipinski definition) is 3. The van der Waals surface area contributed by atoms with E-state index in [0.717, 1.165) is 19.3 Å². The van der Waals surface area contributed by atoms with E-state index in [1.807, 2.05) is 0 Å². The van der Waals surface area contributed by atoms with E-state index in [0.29, 0.717) is 25.0 Å². The van der Waals surface area contributed by atoms with E-state index in [-0.39, 0.29) is 22.8 Å². The Balaban J connectivity index is 2.82. The molecule has 0 aromatic rings. The minimum atomic E-state index is -1.83. The molecule has 1 aliphatic rings. The van der Waals surface area contributed by atoms with E-state index >= 15 is 0 Å². The summed E-state index contributed by atoms with van der Waals surface area (Å²) in [6.45, 7) is 12.9. The van der Waals surface area contributed by atoms with Crippen molar-refractivity contribution >= 4 is 19.9 Å². The van der Waals surface area contributed by atoms with Crippen molar-refractivity contribution in [2.75, 3.05) is 0 Å². The van der Waals surface area contributed by atoms with Crippen LogP contribution in [0.25, 0.3) is 0 Å². The average Bonchev–Trinajstić information content (AvgIpc) is 2.47. The summed E-state index contributed by atoms with van der Waals surface area (Å²) in [5.41, 5.74) is 0. The standard InChI is InChI=1S/C17H32O3Si/c1-13(18)10-11-14-12-15(19)8-7-9-16(14)20-21(5,6)17(2,3)4/h14,16H,7-12H2,1-6H3/t14-,16+/m1/s1. The van der Waals surface area contributed by atoms with Crippen LogP contribution in [0.1, 0.15) is 66.2 Å². The molecular formula is C17H32O3Si. The first-order chi connectivity index (χ1) is 9.53. The highest BCUT2D eigenvalue weighted by atomic mass is 28.4. The molecule has 2 atom stereocenters. The van der Waals surface area contributed by atoms with Crippen LogP contribution in [-0.4, -0.2) is 26.0 Å². The zero-order valence-corrected chi connectivity index (χ0v) is 15.6. The first kappa shape index (κ1) is 18.6. The molecule has 0 spiro atoms. The first-order valence-electron chi connectivity index (χ1n) is 8.22. The van der Waals surface area contributed by atoms with Gasteiger partial charge in [0.2, 0.25) is 0 Å². The van der Waals surface area contributed by atoms with Crippen LogP contribution in [0.4, 0.5) is 0 Å². The predicted molar refractivity (Wildman–Crippen MR) is 89.0 cm³/mol. The number of ketones is 2. The second kappa shape index (κ2) is 7.19. The summed E-state index contributed by atoms with van der Waals surface area (Å²) < 4.78 is 6.59. The van der Waals surface area contributed by atoms with Crippen LogP contribution in [0.2, 0.25) is 18.1 Å². The molecule has 0 N–H and O–H groups in total. The Bertz CT molecular complexity index is 382. The van der Waals surface area contributed by atoms with Gasteiger partial charge in [-0.2, -0.15) is 0 Å². The zero-order chi connectivity index (χ0) is 16.3. The molecule has 1 aliphatic carbocycles. The van der Waals surface area contributed by atoms with Gasteiger partial charge in [-0.15, -0.1) is 0 Å². The Labute approximate surface area is 131 Å². The largest absolute Gasteiger partial charge is 0.414 e. The van der Waals surface area contributed by atoms with Gasteiger partial charge in [0.1, 0.15) is 11.6 Å². The lowest BCUT2D eigenvalue weighted by Crippen LogP contribution is -2.45. The van der Waals surface area contributed by atoms with Crippen molar-refractivity contribution in [3.8, 4) is 0 Å². The number of carbonyl (C=O) groups is 2. The summed E-state index contributed by atoms with van der Waals surface area (Å²) in [6.07, 6.45) is 4.66. The fourth-order valence-electron chi connectivity index (χ4n) is 2.65. The number of rotatable bonds is 5. The molecule has 0 amide bonds. The Morgan fingerprint density at radius 1 is 1.33 bits per heavy atom. The molecule has 0 aliphatic heterocycles. The lowest BCUT2D eigenvalue weighted by molar-refractivity contribution is -0.121. The van der Waals surface area contributed by atoms with Crippen LogP contribution < -0.4 is 0 Å². The quantitative estimate of drug-likeness (QED) is 0.554. The van der Waals surface area contributed by atoms with Crippen molar-refractivity contribution < 1.29 is 14.0 Å². The van der Waals surface area contributed by atoms with Gasteiger partial charge in [-0.25, -0.2) is 0 Å². The van der Waals surface area contributed by atoms with E-state index in [9.17, 15) is 9.59 Å². The third-order valence-corrected chi connectivity index (χ3v) is 9.58. The average molecular weight is 313 g/mol. The molecule has 0 aromatic heterocycles. The molecule has 0 heterocycles. The third-order valence-electron chi connectivity index (χ3n) is 5.08. The van der Waals surface area contributed by atoms with E-state index in [1.165, 1.54) is 0 Å².